The second kappa shape index (κ2) is 10.2. The molecular weight excluding hydrogens is 486 g/mol. The predicted molar refractivity (Wildman–Crippen MR) is 138 cm³/mol. The Balaban J connectivity index is 1.54. The molecule has 2 unspecified atom stereocenters. The highest BCUT2D eigenvalue weighted by Gasteiger charge is 2.55. The Hall–Kier alpha value is -1.38. The molecule has 1 amide bonds. The van der Waals surface area contributed by atoms with Gasteiger partial charge in [0, 0.05) is 42.9 Å². The van der Waals surface area contributed by atoms with Crippen molar-refractivity contribution in [2.45, 2.75) is 94.6 Å². The maximum Gasteiger partial charge on any atom is 0.252 e. The van der Waals surface area contributed by atoms with Gasteiger partial charge >= 0.3 is 0 Å². The minimum absolute atomic E-state index is 0.0149. The van der Waals surface area contributed by atoms with Crippen LogP contribution in [0, 0.1) is 22.0 Å². The average Bonchev–Trinajstić information content (AvgIpc) is 3.27. The second-order valence-corrected chi connectivity index (χ2v) is 14.0. The van der Waals surface area contributed by atoms with E-state index in [9.17, 15) is 18.9 Å². The number of carbonyl (C=O) groups is 1. The monoisotopic (exact) mass is 525 g/mol. The van der Waals surface area contributed by atoms with Crippen molar-refractivity contribution in [3.8, 4) is 0 Å². The number of pyridine rings is 1. The molecule has 1 aromatic rings. The standard InChI is InChI=1S/C26H40ClN3O4S/c1-19(14-20-8-4-3-5-9-20)24(32)29-13-12-26(33,25(17-29)10-6-7-11-25)18-30-16-22(35(2,28)34)21(27)15-23(30)31/h15-16,19-20,28,33H,3-14,17-18H2,1-2H3/t19-,26?,35?/m1/s1. The first-order valence-electron chi connectivity index (χ1n) is 13.1. The summed E-state index contributed by atoms with van der Waals surface area (Å²) in [4.78, 5) is 28.3. The molecule has 196 valence electrons. The van der Waals surface area contributed by atoms with Gasteiger partial charge in [0.05, 0.1) is 31.8 Å². The van der Waals surface area contributed by atoms with Gasteiger partial charge in [-0.2, -0.15) is 0 Å². The summed E-state index contributed by atoms with van der Waals surface area (Å²) in [5, 5.41) is 12.0. The molecule has 7 nitrogen and oxygen atoms in total. The smallest absolute Gasteiger partial charge is 0.252 e. The van der Waals surface area contributed by atoms with E-state index < -0.39 is 20.7 Å². The molecule has 1 aliphatic heterocycles. The van der Waals surface area contributed by atoms with Crippen LogP contribution in [0.15, 0.2) is 22.0 Å². The summed E-state index contributed by atoms with van der Waals surface area (Å²) in [6.45, 7) is 3.07. The lowest BCUT2D eigenvalue weighted by molar-refractivity contribution is -0.163. The van der Waals surface area contributed by atoms with E-state index in [0.29, 0.717) is 25.4 Å². The fourth-order valence-corrected chi connectivity index (χ4v) is 8.19. The SMILES string of the molecule is C[C@H](CC1CCCCC1)C(=O)N1CCC(O)(Cn2cc(S(C)(=N)=O)c(Cl)cc2=O)C2(CCCC2)C1. The van der Waals surface area contributed by atoms with E-state index in [-0.39, 0.29) is 33.8 Å². The lowest BCUT2D eigenvalue weighted by atomic mass is 9.65. The zero-order valence-electron chi connectivity index (χ0n) is 21.1. The van der Waals surface area contributed by atoms with E-state index in [1.54, 1.807) is 0 Å². The Morgan fingerprint density at radius 2 is 1.89 bits per heavy atom. The molecule has 1 aromatic heterocycles. The van der Waals surface area contributed by atoms with E-state index in [2.05, 4.69) is 6.92 Å². The summed E-state index contributed by atoms with van der Waals surface area (Å²) in [6.07, 6.45) is 13.9. The maximum atomic E-state index is 13.4. The number of halogens is 1. The Morgan fingerprint density at radius 1 is 1.23 bits per heavy atom. The van der Waals surface area contributed by atoms with Crippen molar-refractivity contribution < 1.29 is 14.1 Å². The lowest BCUT2D eigenvalue weighted by Gasteiger charge is -2.53. The first-order chi connectivity index (χ1) is 16.4. The van der Waals surface area contributed by atoms with Crippen LogP contribution in [0.4, 0.5) is 0 Å². The number of nitrogens with zero attached hydrogens (tertiary/aromatic N) is 2. The molecule has 2 saturated carbocycles. The summed E-state index contributed by atoms with van der Waals surface area (Å²) < 4.78 is 21.7. The number of aliphatic hydroxyl groups is 1. The molecule has 2 aliphatic carbocycles. The van der Waals surface area contributed by atoms with Crippen LogP contribution in [-0.2, 0) is 21.1 Å². The van der Waals surface area contributed by atoms with E-state index in [1.807, 2.05) is 4.90 Å². The van der Waals surface area contributed by atoms with E-state index in [4.69, 9.17) is 16.4 Å². The largest absolute Gasteiger partial charge is 0.387 e. The number of amides is 1. The van der Waals surface area contributed by atoms with Crippen LogP contribution in [0.5, 0.6) is 0 Å². The van der Waals surface area contributed by atoms with Crippen LogP contribution in [0.1, 0.15) is 77.6 Å². The van der Waals surface area contributed by atoms with Gasteiger partial charge in [-0.15, -0.1) is 0 Å². The highest BCUT2D eigenvalue weighted by molar-refractivity contribution is 7.91. The van der Waals surface area contributed by atoms with E-state index in [0.717, 1.165) is 32.1 Å². The fourth-order valence-electron chi connectivity index (χ4n) is 6.84. The Morgan fingerprint density at radius 3 is 2.51 bits per heavy atom. The van der Waals surface area contributed by atoms with E-state index >= 15 is 0 Å². The Kier molecular flexibility index (Phi) is 7.75. The summed E-state index contributed by atoms with van der Waals surface area (Å²) in [7, 11) is -3.13. The Labute approximate surface area is 214 Å². The second-order valence-electron chi connectivity index (χ2n) is 11.5. The molecule has 0 bridgehead atoms. The van der Waals surface area contributed by atoms with Gasteiger partial charge in [-0.05, 0) is 31.6 Å². The molecule has 35 heavy (non-hydrogen) atoms. The van der Waals surface area contributed by atoms with Crippen LogP contribution in [0.3, 0.4) is 0 Å². The van der Waals surface area contributed by atoms with Crippen molar-refractivity contribution >= 4 is 27.2 Å². The van der Waals surface area contributed by atoms with Crippen molar-refractivity contribution in [2.75, 3.05) is 19.3 Å². The molecule has 2 N–H and O–H groups in total. The van der Waals surface area contributed by atoms with Gasteiger partial charge in [-0.25, -0.2) is 8.99 Å². The van der Waals surface area contributed by atoms with Gasteiger partial charge in [0.1, 0.15) is 0 Å². The molecule has 2 heterocycles. The average molecular weight is 526 g/mol. The van der Waals surface area contributed by atoms with Gasteiger partial charge in [0.15, 0.2) is 0 Å². The summed E-state index contributed by atoms with van der Waals surface area (Å²) in [6, 6.07) is 1.19. The molecule has 1 saturated heterocycles. The number of carbonyl (C=O) groups excluding carboxylic acids is 1. The minimum atomic E-state index is -3.13. The molecular formula is C26H40ClN3O4S. The lowest BCUT2D eigenvalue weighted by Crippen LogP contribution is -2.62. The summed E-state index contributed by atoms with van der Waals surface area (Å²) >= 11 is 6.12. The van der Waals surface area contributed by atoms with Crippen LogP contribution in [0.2, 0.25) is 5.02 Å². The topological polar surface area (TPSA) is 103 Å². The third-order valence-corrected chi connectivity index (χ3v) is 10.5. The highest BCUT2D eigenvalue weighted by atomic mass is 35.5. The molecule has 3 atom stereocenters. The summed E-state index contributed by atoms with van der Waals surface area (Å²) in [5.74, 6) is 0.815. The maximum absolute atomic E-state index is 13.4. The predicted octanol–water partition coefficient (Wildman–Crippen LogP) is 4.67. The quantitative estimate of drug-likeness (QED) is 0.563. The first kappa shape index (κ1) is 26.7. The van der Waals surface area contributed by atoms with Crippen molar-refractivity contribution in [2.24, 2.45) is 17.3 Å². The third kappa shape index (κ3) is 5.49. The van der Waals surface area contributed by atoms with Crippen molar-refractivity contribution in [3.05, 3.63) is 27.6 Å². The van der Waals surface area contributed by atoms with Gasteiger partial charge < -0.3 is 14.6 Å². The minimum Gasteiger partial charge on any atom is -0.387 e. The molecule has 9 heteroatoms. The molecule has 3 fully saturated rings. The summed E-state index contributed by atoms with van der Waals surface area (Å²) in [5.41, 5.74) is -2.03. The zero-order chi connectivity index (χ0) is 25.4. The molecule has 4 rings (SSSR count). The Bertz CT molecular complexity index is 1110. The van der Waals surface area contributed by atoms with Crippen LogP contribution in [0.25, 0.3) is 0 Å². The highest BCUT2D eigenvalue weighted by Crippen LogP contribution is 2.52. The van der Waals surface area contributed by atoms with Crippen molar-refractivity contribution in [3.63, 3.8) is 0 Å². The van der Waals surface area contributed by atoms with Crippen LogP contribution < -0.4 is 5.56 Å². The first-order valence-corrected chi connectivity index (χ1v) is 15.4. The van der Waals surface area contributed by atoms with Gasteiger partial charge in [0.25, 0.3) is 5.56 Å². The number of hydrogen-bond donors (Lipinski definition) is 2. The number of rotatable bonds is 6. The number of aromatic nitrogens is 1. The molecule has 3 aliphatic rings. The normalized spacial score (nSPS) is 27.6. The number of nitrogens with one attached hydrogen (secondary N) is 1. The van der Waals surface area contributed by atoms with Crippen molar-refractivity contribution in [1.82, 2.24) is 9.47 Å². The van der Waals surface area contributed by atoms with Gasteiger partial charge in [-0.1, -0.05) is 63.5 Å². The van der Waals surface area contributed by atoms with Gasteiger partial charge in [0.2, 0.25) is 5.91 Å². The number of piperidine rings is 1. The van der Waals surface area contributed by atoms with Crippen LogP contribution in [-0.4, -0.2) is 49.6 Å². The molecule has 1 spiro atoms. The van der Waals surface area contributed by atoms with E-state index in [1.165, 1.54) is 55.2 Å². The third-order valence-electron chi connectivity index (χ3n) is 8.87. The number of likely N-dealkylation sites (tertiary alicyclic amines) is 1. The molecule has 0 aromatic carbocycles. The fraction of sp³-hybridized carbons (Fsp3) is 0.769. The molecule has 0 radical (unpaired) electrons. The number of hydrogen-bond acceptors (Lipinski definition) is 5. The van der Waals surface area contributed by atoms with Gasteiger partial charge in [-0.3, -0.25) is 9.59 Å². The zero-order valence-corrected chi connectivity index (χ0v) is 22.6. The van der Waals surface area contributed by atoms with Crippen molar-refractivity contribution in [1.29, 1.82) is 4.78 Å². The van der Waals surface area contributed by atoms with Crippen LogP contribution >= 0.6 is 11.6 Å².